The molecular weight excluding hydrogens is 392 g/mol. The number of aromatic nitrogens is 3. The van der Waals surface area contributed by atoms with Crippen LogP contribution in [-0.4, -0.2) is 119 Å². The Kier molecular flexibility index (Phi) is 5.01. The van der Waals surface area contributed by atoms with Crippen molar-refractivity contribution >= 4 is 17.0 Å². The van der Waals surface area contributed by atoms with Gasteiger partial charge in [-0.3, -0.25) is 9.80 Å². The molecule has 3 saturated heterocycles. The summed E-state index contributed by atoms with van der Waals surface area (Å²) in [5.41, 5.74) is 3.19. The molecule has 4 aliphatic rings. The number of rotatable bonds is 5. The van der Waals surface area contributed by atoms with Gasteiger partial charge in [-0.15, -0.1) is 0 Å². The summed E-state index contributed by atoms with van der Waals surface area (Å²) >= 11 is 0. The van der Waals surface area contributed by atoms with Crippen molar-refractivity contribution in [3.05, 3.63) is 18.6 Å². The highest BCUT2D eigenvalue weighted by Gasteiger charge is 2.36. The van der Waals surface area contributed by atoms with E-state index in [9.17, 15) is 5.11 Å². The van der Waals surface area contributed by atoms with Gasteiger partial charge >= 0.3 is 0 Å². The molecule has 0 radical (unpaired) electrons. The molecule has 9 heteroatoms. The molecule has 2 aromatic heterocycles. The number of fused-ring (bicyclic) bond motifs is 1. The molecule has 6 rings (SSSR count). The predicted octanol–water partition coefficient (Wildman–Crippen LogP) is 0.0157. The molecule has 0 spiro atoms. The number of likely N-dealkylation sites (N-methyl/N-ethyl adjacent to an activating group) is 1. The van der Waals surface area contributed by atoms with Crippen molar-refractivity contribution in [1.29, 1.82) is 0 Å². The minimum atomic E-state index is -0.252. The Labute approximate surface area is 183 Å². The lowest BCUT2D eigenvalue weighted by atomic mass is 10.1. The average Bonchev–Trinajstić information content (AvgIpc) is 3.53. The van der Waals surface area contributed by atoms with Gasteiger partial charge in [-0.25, -0.2) is 9.50 Å². The second-order valence-corrected chi connectivity index (χ2v) is 9.78. The van der Waals surface area contributed by atoms with Crippen LogP contribution in [0.3, 0.4) is 0 Å². The maximum absolute atomic E-state index is 10.4. The summed E-state index contributed by atoms with van der Waals surface area (Å²) in [4.78, 5) is 16.8. The van der Waals surface area contributed by atoms with Crippen LogP contribution in [0, 0.1) is 5.92 Å². The van der Waals surface area contributed by atoms with Crippen LogP contribution in [0.4, 0.5) is 11.4 Å². The molecule has 4 fully saturated rings. The van der Waals surface area contributed by atoms with Crippen molar-refractivity contribution in [2.45, 2.75) is 25.1 Å². The monoisotopic (exact) mass is 426 g/mol. The van der Waals surface area contributed by atoms with E-state index in [1.54, 1.807) is 0 Å². The summed E-state index contributed by atoms with van der Waals surface area (Å²) in [6, 6.07) is 0.667. The molecule has 168 valence electrons. The number of hydrogen-bond donors (Lipinski definition) is 1. The highest BCUT2D eigenvalue weighted by molar-refractivity contribution is 5.69. The van der Waals surface area contributed by atoms with Crippen LogP contribution < -0.4 is 9.80 Å². The molecular formula is C22H34N8O. The summed E-state index contributed by atoms with van der Waals surface area (Å²) in [6.07, 6.45) is 8.18. The number of aliphatic hydroxyl groups is 1. The molecule has 5 heterocycles. The van der Waals surface area contributed by atoms with Crippen molar-refractivity contribution in [3.8, 4) is 0 Å². The standard InChI is InChI=1S/C22H34N8O/c1-25-4-6-26(7-5-25)19-14-29(15-19)18-12-23-21-20(13-24-30(21)16-18)27-8-10-28(11-9-27)22(31)17-2-3-17/h12-13,16-17,19,22,31H,2-11,14-15H2,1H3. The molecule has 1 N–H and O–H groups in total. The van der Waals surface area contributed by atoms with Crippen molar-refractivity contribution < 1.29 is 5.11 Å². The van der Waals surface area contributed by atoms with Crippen molar-refractivity contribution in [3.63, 3.8) is 0 Å². The topological polar surface area (TPSA) is 66.6 Å². The first-order valence-corrected chi connectivity index (χ1v) is 11.8. The first kappa shape index (κ1) is 19.7. The van der Waals surface area contributed by atoms with Crippen LogP contribution >= 0.6 is 0 Å². The molecule has 1 atom stereocenters. The van der Waals surface area contributed by atoms with Crippen LogP contribution in [0.25, 0.3) is 5.65 Å². The van der Waals surface area contributed by atoms with Gasteiger partial charge in [-0.1, -0.05) is 0 Å². The van der Waals surface area contributed by atoms with E-state index in [1.807, 2.05) is 16.9 Å². The highest BCUT2D eigenvalue weighted by atomic mass is 16.3. The lowest BCUT2D eigenvalue weighted by Crippen LogP contribution is -2.63. The maximum Gasteiger partial charge on any atom is 0.178 e. The minimum absolute atomic E-state index is 0.252. The van der Waals surface area contributed by atoms with E-state index in [0.717, 1.165) is 56.3 Å². The van der Waals surface area contributed by atoms with Gasteiger partial charge in [-0.2, -0.15) is 5.10 Å². The normalized spacial score (nSPS) is 25.9. The summed E-state index contributed by atoms with van der Waals surface area (Å²) in [5.74, 6) is 0.501. The van der Waals surface area contributed by atoms with Gasteiger partial charge in [0.05, 0.1) is 24.3 Å². The fourth-order valence-corrected chi connectivity index (χ4v) is 5.24. The molecule has 1 saturated carbocycles. The van der Waals surface area contributed by atoms with E-state index in [4.69, 9.17) is 4.98 Å². The molecule has 9 nitrogen and oxygen atoms in total. The van der Waals surface area contributed by atoms with E-state index < -0.39 is 0 Å². The molecule has 1 aliphatic carbocycles. The van der Waals surface area contributed by atoms with Gasteiger partial charge in [0.15, 0.2) is 5.65 Å². The Bertz CT molecular complexity index is 907. The Morgan fingerprint density at radius 2 is 1.68 bits per heavy atom. The van der Waals surface area contributed by atoms with Gasteiger partial charge in [0.1, 0.15) is 11.9 Å². The predicted molar refractivity (Wildman–Crippen MR) is 121 cm³/mol. The van der Waals surface area contributed by atoms with Crippen LogP contribution in [0.2, 0.25) is 0 Å². The number of nitrogens with zero attached hydrogens (tertiary/aromatic N) is 8. The van der Waals surface area contributed by atoms with E-state index >= 15 is 0 Å². The second-order valence-electron chi connectivity index (χ2n) is 9.78. The Hall–Kier alpha value is -1.94. The third-order valence-corrected chi connectivity index (χ3v) is 7.68. The molecule has 0 amide bonds. The SMILES string of the molecule is CN1CCN(C2CN(c3cnc4c(N5CCN(C(O)C6CC6)CC5)cnn4c3)C2)CC1. The van der Waals surface area contributed by atoms with Crippen molar-refractivity contribution in [2.75, 3.05) is 82.3 Å². The van der Waals surface area contributed by atoms with Gasteiger partial charge in [0.25, 0.3) is 0 Å². The first-order chi connectivity index (χ1) is 15.2. The van der Waals surface area contributed by atoms with Gasteiger partial charge in [0, 0.05) is 71.5 Å². The van der Waals surface area contributed by atoms with Gasteiger partial charge < -0.3 is 19.8 Å². The summed E-state index contributed by atoms with van der Waals surface area (Å²) in [6.45, 7) is 10.5. The number of aliphatic hydroxyl groups excluding tert-OH is 1. The first-order valence-electron chi connectivity index (χ1n) is 11.8. The molecule has 31 heavy (non-hydrogen) atoms. The zero-order valence-corrected chi connectivity index (χ0v) is 18.5. The van der Waals surface area contributed by atoms with E-state index in [2.05, 4.69) is 42.8 Å². The molecule has 3 aliphatic heterocycles. The second kappa shape index (κ2) is 7.88. The zero-order valence-electron chi connectivity index (χ0n) is 18.5. The Balaban J connectivity index is 1.08. The molecule has 1 unspecified atom stereocenters. The summed E-state index contributed by atoms with van der Waals surface area (Å²) in [5, 5.41) is 15.0. The third kappa shape index (κ3) is 3.77. The van der Waals surface area contributed by atoms with E-state index in [0.29, 0.717) is 12.0 Å². The molecule has 0 aromatic carbocycles. The average molecular weight is 427 g/mol. The Morgan fingerprint density at radius 3 is 2.39 bits per heavy atom. The van der Waals surface area contributed by atoms with E-state index in [1.165, 1.54) is 39.0 Å². The lowest BCUT2D eigenvalue weighted by Gasteiger charge is -2.48. The number of hydrogen-bond acceptors (Lipinski definition) is 8. The number of piperazine rings is 2. The number of anilines is 2. The third-order valence-electron chi connectivity index (χ3n) is 7.68. The summed E-state index contributed by atoms with van der Waals surface area (Å²) in [7, 11) is 2.21. The lowest BCUT2D eigenvalue weighted by molar-refractivity contribution is -0.0158. The maximum atomic E-state index is 10.4. The van der Waals surface area contributed by atoms with Gasteiger partial charge in [-0.05, 0) is 25.8 Å². The van der Waals surface area contributed by atoms with Crippen LogP contribution in [0.5, 0.6) is 0 Å². The van der Waals surface area contributed by atoms with Crippen LogP contribution in [0.15, 0.2) is 18.6 Å². The molecule has 0 bridgehead atoms. The quantitative estimate of drug-likeness (QED) is 0.718. The fraction of sp³-hybridized carbons (Fsp3) is 0.727. The zero-order chi connectivity index (χ0) is 20.9. The van der Waals surface area contributed by atoms with Gasteiger partial charge in [0.2, 0.25) is 0 Å². The smallest absolute Gasteiger partial charge is 0.178 e. The fourth-order valence-electron chi connectivity index (χ4n) is 5.24. The summed E-state index contributed by atoms with van der Waals surface area (Å²) < 4.78 is 1.93. The van der Waals surface area contributed by atoms with E-state index in [-0.39, 0.29) is 6.23 Å². The largest absolute Gasteiger partial charge is 0.378 e. The van der Waals surface area contributed by atoms with Crippen LogP contribution in [-0.2, 0) is 0 Å². The molecule has 2 aromatic rings. The van der Waals surface area contributed by atoms with Crippen LogP contribution in [0.1, 0.15) is 12.8 Å². The van der Waals surface area contributed by atoms with Crippen molar-refractivity contribution in [1.82, 2.24) is 29.3 Å². The highest BCUT2D eigenvalue weighted by Crippen LogP contribution is 2.35. The Morgan fingerprint density at radius 1 is 0.935 bits per heavy atom. The van der Waals surface area contributed by atoms with Crippen molar-refractivity contribution in [2.24, 2.45) is 5.92 Å². The minimum Gasteiger partial charge on any atom is -0.378 e.